The molecule has 2 rings (SSSR count). The molecule has 136 valence electrons. The van der Waals surface area contributed by atoms with Crippen LogP contribution in [0.15, 0.2) is 0 Å². The molecule has 0 aromatic rings. The van der Waals surface area contributed by atoms with E-state index in [2.05, 4.69) is 9.62 Å². The first-order chi connectivity index (χ1) is 11.1. The zero-order valence-electron chi connectivity index (χ0n) is 14.5. The molecule has 0 amide bonds. The number of nitrogens with zero attached hydrogens (tertiary/aromatic N) is 2. The van der Waals surface area contributed by atoms with Crippen molar-refractivity contribution in [3.63, 3.8) is 0 Å². The van der Waals surface area contributed by atoms with Crippen molar-refractivity contribution in [3.8, 4) is 0 Å². The number of methoxy groups -OCH3 is 1. The summed E-state index contributed by atoms with van der Waals surface area (Å²) < 4.78 is 34.1. The molecular weight excluding hydrogens is 314 g/mol. The predicted molar refractivity (Wildman–Crippen MR) is 92.7 cm³/mol. The van der Waals surface area contributed by atoms with Gasteiger partial charge in [0, 0.05) is 26.7 Å². The molecule has 0 radical (unpaired) electrons. The second-order valence-corrected chi connectivity index (χ2v) is 8.45. The van der Waals surface area contributed by atoms with Gasteiger partial charge < -0.3 is 9.64 Å². The lowest BCUT2D eigenvalue weighted by Gasteiger charge is -2.30. The van der Waals surface area contributed by atoms with E-state index in [1.807, 2.05) is 0 Å². The van der Waals surface area contributed by atoms with Crippen LogP contribution in [0.25, 0.3) is 0 Å². The second kappa shape index (κ2) is 9.93. The Kier molecular flexibility index (Phi) is 8.26. The van der Waals surface area contributed by atoms with Gasteiger partial charge in [-0.1, -0.05) is 12.8 Å². The summed E-state index contributed by atoms with van der Waals surface area (Å²) in [5, 5.41) is 0. The molecule has 6 nitrogen and oxygen atoms in total. The number of piperidine rings is 1. The van der Waals surface area contributed by atoms with Gasteiger partial charge in [-0.25, -0.2) is 4.72 Å². The summed E-state index contributed by atoms with van der Waals surface area (Å²) in [5.41, 5.74) is 0. The van der Waals surface area contributed by atoms with E-state index < -0.39 is 10.2 Å². The molecule has 2 aliphatic rings. The van der Waals surface area contributed by atoms with Crippen LogP contribution in [0.3, 0.4) is 0 Å². The Bertz CT molecular complexity index is 414. The molecule has 0 aromatic carbocycles. The largest absolute Gasteiger partial charge is 0.381 e. The molecule has 2 saturated heterocycles. The van der Waals surface area contributed by atoms with Crippen LogP contribution >= 0.6 is 0 Å². The summed E-state index contributed by atoms with van der Waals surface area (Å²) >= 11 is 0. The Balaban J connectivity index is 1.59. The summed E-state index contributed by atoms with van der Waals surface area (Å²) in [6, 6.07) is 0. The number of unbranched alkanes of at least 4 members (excludes halogenated alkanes) is 1. The number of hydrogen-bond acceptors (Lipinski definition) is 4. The Hall–Kier alpha value is -0.210. The van der Waals surface area contributed by atoms with Crippen molar-refractivity contribution in [2.45, 2.75) is 57.5 Å². The van der Waals surface area contributed by atoms with Crippen LogP contribution in [0.5, 0.6) is 0 Å². The number of nitrogens with one attached hydrogen (secondary N) is 1. The number of ether oxygens (including phenoxy) is 1. The van der Waals surface area contributed by atoms with Gasteiger partial charge in [0.2, 0.25) is 0 Å². The van der Waals surface area contributed by atoms with E-state index in [-0.39, 0.29) is 6.10 Å². The highest BCUT2D eigenvalue weighted by Crippen LogP contribution is 2.15. The zero-order valence-corrected chi connectivity index (χ0v) is 15.3. The lowest BCUT2D eigenvalue weighted by molar-refractivity contribution is 0.0602. The van der Waals surface area contributed by atoms with Crippen LogP contribution in [-0.2, 0) is 14.9 Å². The normalized spacial score (nSPS) is 23.0. The topological polar surface area (TPSA) is 61.9 Å². The van der Waals surface area contributed by atoms with E-state index in [0.717, 1.165) is 32.2 Å². The zero-order chi connectivity index (χ0) is 16.5. The Morgan fingerprint density at radius 1 is 1.00 bits per heavy atom. The maximum atomic E-state index is 12.3. The fraction of sp³-hybridized carbons (Fsp3) is 1.00. The molecule has 7 heteroatoms. The van der Waals surface area contributed by atoms with Crippen molar-refractivity contribution < 1.29 is 13.2 Å². The molecule has 2 heterocycles. The van der Waals surface area contributed by atoms with Crippen LogP contribution in [0.2, 0.25) is 0 Å². The summed E-state index contributed by atoms with van der Waals surface area (Å²) in [6.45, 7) is 5.17. The van der Waals surface area contributed by atoms with Gasteiger partial charge in [-0.15, -0.1) is 0 Å². The number of rotatable bonds is 8. The van der Waals surface area contributed by atoms with Gasteiger partial charge in [-0.05, 0) is 58.2 Å². The van der Waals surface area contributed by atoms with Crippen molar-refractivity contribution in [1.82, 2.24) is 13.9 Å². The fourth-order valence-corrected chi connectivity index (χ4v) is 4.70. The van der Waals surface area contributed by atoms with Crippen LogP contribution in [0.4, 0.5) is 0 Å². The molecule has 0 spiro atoms. The van der Waals surface area contributed by atoms with Gasteiger partial charge >= 0.3 is 0 Å². The van der Waals surface area contributed by atoms with Gasteiger partial charge in [0.15, 0.2) is 0 Å². The molecule has 0 aromatic heterocycles. The molecule has 2 fully saturated rings. The molecule has 0 unspecified atom stereocenters. The van der Waals surface area contributed by atoms with E-state index >= 15 is 0 Å². The average Bonchev–Trinajstić information content (AvgIpc) is 2.83. The van der Waals surface area contributed by atoms with E-state index in [0.29, 0.717) is 19.6 Å². The Labute approximate surface area is 141 Å². The SMILES string of the molecule is COC1CCN(S(=O)(=O)NCCCCN2CCCCCC2)CC1. The second-order valence-electron chi connectivity index (χ2n) is 6.70. The Morgan fingerprint density at radius 3 is 2.26 bits per heavy atom. The quantitative estimate of drug-likeness (QED) is 0.677. The third kappa shape index (κ3) is 6.66. The Morgan fingerprint density at radius 2 is 1.65 bits per heavy atom. The minimum Gasteiger partial charge on any atom is -0.381 e. The van der Waals surface area contributed by atoms with Crippen LogP contribution in [0.1, 0.15) is 51.4 Å². The molecular formula is C16H33N3O3S. The third-order valence-electron chi connectivity index (χ3n) is 4.96. The van der Waals surface area contributed by atoms with Crippen molar-refractivity contribution in [2.24, 2.45) is 0 Å². The summed E-state index contributed by atoms with van der Waals surface area (Å²) in [7, 11) is -1.62. The molecule has 0 saturated carbocycles. The van der Waals surface area contributed by atoms with E-state index in [1.54, 1.807) is 11.4 Å². The lowest BCUT2D eigenvalue weighted by Crippen LogP contribution is -2.46. The van der Waals surface area contributed by atoms with Crippen LogP contribution < -0.4 is 4.72 Å². The van der Waals surface area contributed by atoms with Gasteiger partial charge in [0.25, 0.3) is 10.2 Å². The summed E-state index contributed by atoms with van der Waals surface area (Å²) in [4.78, 5) is 2.52. The number of hydrogen-bond donors (Lipinski definition) is 1. The van der Waals surface area contributed by atoms with Gasteiger partial charge in [-0.2, -0.15) is 12.7 Å². The van der Waals surface area contributed by atoms with E-state index in [1.165, 1.54) is 38.8 Å². The highest BCUT2D eigenvalue weighted by molar-refractivity contribution is 7.87. The lowest BCUT2D eigenvalue weighted by atomic mass is 10.1. The van der Waals surface area contributed by atoms with E-state index in [9.17, 15) is 8.42 Å². The van der Waals surface area contributed by atoms with Crippen molar-refractivity contribution in [2.75, 3.05) is 46.4 Å². The first kappa shape index (κ1) is 19.1. The maximum absolute atomic E-state index is 12.3. The predicted octanol–water partition coefficient (Wildman–Crippen LogP) is 1.59. The van der Waals surface area contributed by atoms with Gasteiger partial charge in [0.1, 0.15) is 0 Å². The first-order valence-electron chi connectivity index (χ1n) is 9.12. The molecule has 0 bridgehead atoms. The minimum absolute atomic E-state index is 0.204. The summed E-state index contributed by atoms with van der Waals surface area (Å²) in [5.74, 6) is 0. The summed E-state index contributed by atoms with van der Waals surface area (Å²) in [6.07, 6.45) is 9.08. The molecule has 0 aliphatic carbocycles. The minimum atomic E-state index is -3.31. The van der Waals surface area contributed by atoms with Crippen molar-refractivity contribution in [1.29, 1.82) is 0 Å². The molecule has 23 heavy (non-hydrogen) atoms. The maximum Gasteiger partial charge on any atom is 0.279 e. The highest BCUT2D eigenvalue weighted by atomic mass is 32.2. The average molecular weight is 348 g/mol. The van der Waals surface area contributed by atoms with E-state index in [4.69, 9.17) is 4.74 Å². The smallest absolute Gasteiger partial charge is 0.279 e. The fourth-order valence-electron chi connectivity index (χ4n) is 3.42. The standard InChI is InChI=1S/C16H33N3O3S/c1-22-16-8-14-19(15-9-16)23(20,21)17-10-4-7-13-18-11-5-2-3-6-12-18/h16-17H,2-15H2,1H3. The number of likely N-dealkylation sites (tertiary alicyclic amines) is 1. The van der Waals surface area contributed by atoms with Crippen molar-refractivity contribution in [3.05, 3.63) is 0 Å². The van der Waals surface area contributed by atoms with Gasteiger partial charge in [-0.3, -0.25) is 0 Å². The molecule has 1 N–H and O–H groups in total. The third-order valence-corrected chi connectivity index (χ3v) is 6.57. The van der Waals surface area contributed by atoms with Crippen LogP contribution in [0, 0.1) is 0 Å². The van der Waals surface area contributed by atoms with Crippen molar-refractivity contribution >= 4 is 10.2 Å². The highest BCUT2D eigenvalue weighted by Gasteiger charge is 2.27. The first-order valence-corrected chi connectivity index (χ1v) is 10.6. The van der Waals surface area contributed by atoms with Crippen LogP contribution in [-0.4, -0.2) is 70.1 Å². The molecule has 2 aliphatic heterocycles. The molecule has 0 atom stereocenters. The van der Waals surface area contributed by atoms with Gasteiger partial charge in [0.05, 0.1) is 6.10 Å². The monoisotopic (exact) mass is 347 g/mol.